The summed E-state index contributed by atoms with van der Waals surface area (Å²) in [4.78, 5) is 29.8. The first-order valence-electron chi connectivity index (χ1n) is 5.21. The van der Waals surface area contributed by atoms with Gasteiger partial charge in [0, 0.05) is 11.1 Å². The number of halogens is 1. The fraction of sp³-hybridized carbons (Fsp3) is 0.500. The Kier molecular flexibility index (Phi) is 3.48. The van der Waals surface area contributed by atoms with Gasteiger partial charge in [-0.3, -0.25) is 9.69 Å². The Bertz CT molecular complexity index is 460. The van der Waals surface area contributed by atoms with Crippen LogP contribution in [0.2, 0.25) is 0 Å². The van der Waals surface area contributed by atoms with Gasteiger partial charge in [0.05, 0.1) is 6.54 Å². The number of hydrogen-bond acceptors (Lipinski definition) is 4. The van der Waals surface area contributed by atoms with Crippen molar-refractivity contribution in [3.63, 3.8) is 0 Å². The minimum Gasteiger partial charge on any atom is -0.326 e. The van der Waals surface area contributed by atoms with Gasteiger partial charge in [-0.05, 0) is 21.8 Å². The molecule has 17 heavy (non-hydrogen) atoms. The number of nitrogens with one attached hydrogen (secondary N) is 1. The predicted octanol–water partition coefficient (Wildman–Crippen LogP) is 1.98. The zero-order valence-corrected chi connectivity index (χ0v) is 11.8. The Morgan fingerprint density at radius 1 is 1.59 bits per heavy atom. The van der Waals surface area contributed by atoms with Crippen molar-refractivity contribution in [3.8, 4) is 0 Å². The van der Waals surface area contributed by atoms with Crippen LogP contribution in [0, 0.1) is 5.92 Å². The van der Waals surface area contributed by atoms with Gasteiger partial charge in [-0.2, -0.15) is 0 Å². The third-order valence-corrected chi connectivity index (χ3v) is 4.02. The molecule has 2 heterocycles. The fourth-order valence-corrected chi connectivity index (χ4v) is 3.00. The number of nitrogens with zero attached hydrogens (tertiary/aromatic N) is 2. The molecule has 0 radical (unpaired) electrons. The minimum absolute atomic E-state index is 0.102. The van der Waals surface area contributed by atoms with Crippen molar-refractivity contribution in [2.75, 3.05) is 0 Å². The van der Waals surface area contributed by atoms with Gasteiger partial charge in [-0.1, -0.05) is 13.8 Å². The number of imide groups is 1. The highest BCUT2D eigenvalue weighted by Crippen LogP contribution is 2.22. The van der Waals surface area contributed by atoms with E-state index in [1.54, 1.807) is 6.20 Å². The Hall–Kier alpha value is -0.950. The van der Waals surface area contributed by atoms with E-state index in [0.717, 1.165) is 8.79 Å². The van der Waals surface area contributed by atoms with Crippen LogP contribution in [0.5, 0.6) is 0 Å². The maximum atomic E-state index is 12.0. The molecule has 92 valence electrons. The molecule has 1 fully saturated rings. The standard InChI is InChI=1S/C10H12BrN3O2S/c1-5(2)7-8(15)14(10(16)13-7)4-6-3-12-9(11)17-6/h3,5,7H,4H2,1-2H3,(H,13,16). The Morgan fingerprint density at radius 3 is 2.76 bits per heavy atom. The third-order valence-electron chi connectivity index (χ3n) is 2.56. The Morgan fingerprint density at radius 2 is 2.29 bits per heavy atom. The summed E-state index contributed by atoms with van der Waals surface area (Å²) in [6.45, 7) is 4.11. The van der Waals surface area contributed by atoms with Gasteiger partial charge >= 0.3 is 6.03 Å². The van der Waals surface area contributed by atoms with E-state index in [0.29, 0.717) is 0 Å². The molecule has 1 aromatic rings. The number of carbonyl (C=O) groups excluding carboxylic acids is 2. The second-order valence-electron chi connectivity index (χ2n) is 4.18. The molecule has 1 aromatic heterocycles. The molecule has 0 saturated carbocycles. The average molecular weight is 318 g/mol. The lowest BCUT2D eigenvalue weighted by Gasteiger charge is -2.13. The minimum atomic E-state index is -0.404. The fourth-order valence-electron chi connectivity index (χ4n) is 1.65. The summed E-state index contributed by atoms with van der Waals surface area (Å²) in [5, 5.41) is 2.69. The zero-order chi connectivity index (χ0) is 12.6. The van der Waals surface area contributed by atoms with Crippen LogP contribution >= 0.6 is 27.3 Å². The van der Waals surface area contributed by atoms with E-state index in [1.807, 2.05) is 13.8 Å². The van der Waals surface area contributed by atoms with Crippen molar-refractivity contribution in [2.24, 2.45) is 5.92 Å². The summed E-state index contributed by atoms with van der Waals surface area (Å²) in [6, 6.07) is -0.725. The number of rotatable bonds is 3. The molecule has 1 atom stereocenters. The van der Waals surface area contributed by atoms with Crippen LogP contribution in [0.3, 0.4) is 0 Å². The number of carbonyl (C=O) groups is 2. The summed E-state index contributed by atoms with van der Waals surface area (Å²) in [7, 11) is 0. The Balaban J connectivity index is 2.11. The van der Waals surface area contributed by atoms with E-state index in [1.165, 1.54) is 16.2 Å². The zero-order valence-electron chi connectivity index (χ0n) is 9.44. The average Bonchev–Trinajstić information content (AvgIpc) is 2.77. The summed E-state index contributed by atoms with van der Waals surface area (Å²) in [6.07, 6.45) is 1.66. The lowest BCUT2D eigenvalue weighted by molar-refractivity contribution is -0.128. The highest BCUT2D eigenvalue weighted by atomic mass is 79.9. The van der Waals surface area contributed by atoms with Gasteiger partial charge in [0.1, 0.15) is 6.04 Å². The van der Waals surface area contributed by atoms with Crippen LogP contribution in [0.25, 0.3) is 0 Å². The first-order chi connectivity index (χ1) is 7.99. The molecule has 7 heteroatoms. The second kappa shape index (κ2) is 4.73. The van der Waals surface area contributed by atoms with Gasteiger partial charge in [-0.25, -0.2) is 9.78 Å². The molecule has 1 N–H and O–H groups in total. The number of amides is 3. The lowest BCUT2D eigenvalue weighted by atomic mass is 10.1. The van der Waals surface area contributed by atoms with Crippen LogP contribution in [0.4, 0.5) is 4.79 Å². The van der Waals surface area contributed by atoms with E-state index >= 15 is 0 Å². The monoisotopic (exact) mass is 317 g/mol. The molecule has 1 aliphatic rings. The van der Waals surface area contributed by atoms with Crippen molar-refractivity contribution >= 4 is 39.2 Å². The van der Waals surface area contributed by atoms with E-state index in [2.05, 4.69) is 26.2 Å². The predicted molar refractivity (Wildman–Crippen MR) is 67.5 cm³/mol. The van der Waals surface area contributed by atoms with Crippen molar-refractivity contribution in [1.82, 2.24) is 15.2 Å². The maximum Gasteiger partial charge on any atom is 0.325 e. The summed E-state index contributed by atoms with van der Waals surface area (Å²) in [5.74, 6) is -0.0563. The van der Waals surface area contributed by atoms with Gasteiger partial charge in [0.2, 0.25) is 0 Å². The van der Waals surface area contributed by atoms with E-state index in [-0.39, 0.29) is 24.4 Å². The summed E-state index contributed by atoms with van der Waals surface area (Å²) < 4.78 is 0.750. The van der Waals surface area contributed by atoms with Crippen LogP contribution in [-0.2, 0) is 11.3 Å². The molecule has 2 rings (SSSR count). The first kappa shape index (κ1) is 12.5. The molecule has 5 nitrogen and oxygen atoms in total. The highest BCUT2D eigenvalue weighted by Gasteiger charge is 2.39. The molecule has 1 aliphatic heterocycles. The van der Waals surface area contributed by atoms with Crippen molar-refractivity contribution in [3.05, 3.63) is 15.0 Å². The molecule has 0 aliphatic carbocycles. The molecule has 0 aromatic carbocycles. The summed E-state index contributed by atoms with van der Waals surface area (Å²) >= 11 is 4.67. The molecule has 1 unspecified atom stereocenters. The lowest BCUT2D eigenvalue weighted by Crippen LogP contribution is -2.34. The first-order valence-corrected chi connectivity index (χ1v) is 6.82. The molecule has 3 amide bonds. The van der Waals surface area contributed by atoms with Crippen LogP contribution in [-0.4, -0.2) is 27.9 Å². The van der Waals surface area contributed by atoms with E-state index in [9.17, 15) is 9.59 Å². The van der Waals surface area contributed by atoms with E-state index in [4.69, 9.17) is 0 Å². The molecule has 0 bridgehead atoms. The van der Waals surface area contributed by atoms with Gasteiger partial charge in [-0.15, -0.1) is 11.3 Å². The van der Waals surface area contributed by atoms with Crippen molar-refractivity contribution in [2.45, 2.75) is 26.4 Å². The van der Waals surface area contributed by atoms with Crippen LogP contribution < -0.4 is 5.32 Å². The largest absolute Gasteiger partial charge is 0.326 e. The van der Waals surface area contributed by atoms with Crippen LogP contribution in [0.1, 0.15) is 18.7 Å². The van der Waals surface area contributed by atoms with Gasteiger partial charge in [0.25, 0.3) is 5.91 Å². The molecular weight excluding hydrogens is 306 g/mol. The number of thiazole rings is 1. The Labute approximate surface area is 111 Å². The van der Waals surface area contributed by atoms with Crippen molar-refractivity contribution < 1.29 is 9.59 Å². The van der Waals surface area contributed by atoms with Gasteiger partial charge < -0.3 is 5.32 Å². The van der Waals surface area contributed by atoms with Crippen molar-refractivity contribution in [1.29, 1.82) is 0 Å². The maximum absolute atomic E-state index is 12.0. The molecular formula is C10H12BrN3O2S. The normalized spacial score (nSPS) is 20.2. The third kappa shape index (κ3) is 2.50. The van der Waals surface area contributed by atoms with E-state index < -0.39 is 6.04 Å². The number of aromatic nitrogens is 1. The topological polar surface area (TPSA) is 62.3 Å². The molecule has 1 saturated heterocycles. The SMILES string of the molecule is CC(C)C1NC(=O)N(Cc2cnc(Br)s2)C1=O. The highest BCUT2D eigenvalue weighted by molar-refractivity contribution is 9.11. The van der Waals surface area contributed by atoms with Crippen LogP contribution in [0.15, 0.2) is 10.1 Å². The molecule has 0 spiro atoms. The number of hydrogen-bond donors (Lipinski definition) is 1. The van der Waals surface area contributed by atoms with Gasteiger partial charge in [0.15, 0.2) is 3.92 Å². The second-order valence-corrected chi connectivity index (χ2v) is 6.57. The smallest absolute Gasteiger partial charge is 0.325 e. The quantitative estimate of drug-likeness (QED) is 0.867. The number of urea groups is 1. The summed E-state index contributed by atoms with van der Waals surface area (Å²) in [5.41, 5.74) is 0.